The number of alkyl halides is 2. The van der Waals surface area contributed by atoms with E-state index in [1.54, 1.807) is 48.3 Å². The fourth-order valence-electron chi connectivity index (χ4n) is 5.76. The Balaban J connectivity index is 1.32. The van der Waals surface area contributed by atoms with Gasteiger partial charge in [-0.15, -0.1) is 0 Å². The van der Waals surface area contributed by atoms with Gasteiger partial charge in [-0.3, -0.25) is 14.3 Å². The highest BCUT2D eigenvalue weighted by Gasteiger charge is 2.30. The van der Waals surface area contributed by atoms with E-state index in [-0.39, 0.29) is 29.2 Å². The number of hydrogen-bond acceptors (Lipinski definition) is 5. The highest BCUT2D eigenvalue weighted by Crippen LogP contribution is 2.37. The van der Waals surface area contributed by atoms with Crippen molar-refractivity contribution in [3.8, 4) is 16.9 Å². The van der Waals surface area contributed by atoms with Crippen molar-refractivity contribution in [3.05, 3.63) is 76.6 Å². The lowest BCUT2D eigenvalue weighted by atomic mass is 9.95. The lowest BCUT2D eigenvalue weighted by Crippen LogP contribution is -2.36. The summed E-state index contributed by atoms with van der Waals surface area (Å²) in [6.07, 6.45) is 5.86. The first-order valence-electron chi connectivity index (χ1n) is 12.8. The summed E-state index contributed by atoms with van der Waals surface area (Å²) in [6.45, 7) is 0.565. The van der Waals surface area contributed by atoms with Gasteiger partial charge in [0.1, 0.15) is 11.6 Å². The number of hydrogen-bond donors (Lipinski definition) is 0. The molecule has 4 heterocycles. The molecule has 0 aliphatic carbocycles. The monoisotopic (exact) mass is 519 g/mol. The predicted octanol–water partition coefficient (Wildman–Crippen LogP) is 4.58. The summed E-state index contributed by atoms with van der Waals surface area (Å²) in [4.78, 5) is 35.9. The van der Waals surface area contributed by atoms with Crippen LogP contribution in [0.1, 0.15) is 49.5 Å². The van der Waals surface area contributed by atoms with E-state index in [1.165, 1.54) is 6.07 Å². The number of ether oxygens (including phenoxy) is 1. The normalized spacial score (nSPS) is 17.8. The molecular formula is C28H27F2N5O3. The molecule has 38 heavy (non-hydrogen) atoms. The first-order valence-corrected chi connectivity index (χ1v) is 12.8. The summed E-state index contributed by atoms with van der Waals surface area (Å²) >= 11 is 0. The van der Waals surface area contributed by atoms with Gasteiger partial charge < -0.3 is 9.64 Å². The first-order chi connectivity index (χ1) is 18.4. The maximum absolute atomic E-state index is 13.1. The molecule has 0 radical (unpaired) electrons. The molecule has 196 valence electrons. The van der Waals surface area contributed by atoms with Gasteiger partial charge in [0, 0.05) is 56.0 Å². The summed E-state index contributed by atoms with van der Waals surface area (Å²) in [5, 5.41) is 0.570. The second-order valence-electron chi connectivity index (χ2n) is 9.84. The number of piperidine rings is 1. The van der Waals surface area contributed by atoms with Crippen LogP contribution in [0.25, 0.3) is 22.0 Å². The molecule has 1 fully saturated rings. The van der Waals surface area contributed by atoms with E-state index in [0.29, 0.717) is 37.0 Å². The maximum atomic E-state index is 13.1. The van der Waals surface area contributed by atoms with Crippen LogP contribution >= 0.6 is 0 Å². The molecule has 1 amide bonds. The lowest BCUT2D eigenvalue weighted by Gasteiger charge is -2.30. The van der Waals surface area contributed by atoms with E-state index in [9.17, 15) is 18.4 Å². The van der Waals surface area contributed by atoms with Crippen LogP contribution in [-0.2, 0) is 11.3 Å². The summed E-state index contributed by atoms with van der Waals surface area (Å²) in [6, 6.07) is 12.0. The van der Waals surface area contributed by atoms with E-state index >= 15 is 0 Å². The zero-order valence-corrected chi connectivity index (χ0v) is 20.9. The molecule has 0 bridgehead atoms. The topological polar surface area (TPSA) is 82.2 Å². The zero-order valence-electron chi connectivity index (χ0n) is 20.9. The van der Waals surface area contributed by atoms with E-state index < -0.39 is 6.61 Å². The molecule has 0 spiro atoms. The number of carbonyl (C=O) groups is 1. The van der Waals surface area contributed by atoms with Crippen molar-refractivity contribution in [2.75, 3.05) is 13.1 Å². The van der Waals surface area contributed by atoms with Crippen LogP contribution in [0.5, 0.6) is 5.75 Å². The van der Waals surface area contributed by atoms with Gasteiger partial charge in [0.05, 0.1) is 16.9 Å². The maximum Gasteiger partial charge on any atom is 0.387 e. The Bertz CT molecular complexity index is 1560. The Kier molecular flexibility index (Phi) is 6.17. The first kappa shape index (κ1) is 24.3. The fraction of sp³-hybridized carbons (Fsp3) is 0.357. The average Bonchev–Trinajstić information content (AvgIpc) is 3.48. The summed E-state index contributed by atoms with van der Waals surface area (Å²) in [5.74, 6) is 1.20. The number of halogens is 2. The Morgan fingerprint density at radius 2 is 1.74 bits per heavy atom. The van der Waals surface area contributed by atoms with Crippen molar-refractivity contribution in [2.24, 2.45) is 0 Å². The molecule has 1 unspecified atom stereocenters. The quantitative estimate of drug-likeness (QED) is 0.386. The molecule has 2 aromatic carbocycles. The second-order valence-corrected chi connectivity index (χ2v) is 9.84. The van der Waals surface area contributed by atoms with Crippen molar-refractivity contribution >= 4 is 16.8 Å². The lowest BCUT2D eigenvalue weighted by molar-refractivity contribution is -0.129. The van der Waals surface area contributed by atoms with Crippen LogP contribution in [-0.4, -0.2) is 49.8 Å². The number of carbonyl (C=O) groups excluding carboxylic acids is 1. The largest absolute Gasteiger partial charge is 0.434 e. The minimum absolute atomic E-state index is 0.0960. The highest BCUT2D eigenvalue weighted by atomic mass is 19.3. The van der Waals surface area contributed by atoms with E-state index in [2.05, 4.69) is 9.97 Å². The highest BCUT2D eigenvalue weighted by molar-refractivity contribution is 5.84. The molecule has 4 aromatic rings. The number of likely N-dealkylation sites (tertiary alicyclic amines) is 1. The second kappa shape index (κ2) is 9.66. The van der Waals surface area contributed by atoms with Crippen molar-refractivity contribution in [1.82, 2.24) is 24.2 Å². The van der Waals surface area contributed by atoms with Gasteiger partial charge in [0.25, 0.3) is 5.56 Å². The number of rotatable bonds is 5. The van der Waals surface area contributed by atoms with Gasteiger partial charge in [-0.05, 0) is 43.0 Å². The van der Waals surface area contributed by atoms with Crippen LogP contribution in [0.2, 0.25) is 0 Å². The zero-order chi connectivity index (χ0) is 26.4. The fourth-order valence-corrected chi connectivity index (χ4v) is 5.76. The summed E-state index contributed by atoms with van der Waals surface area (Å²) < 4.78 is 34.5. The number of aromatic nitrogens is 4. The molecule has 2 aliphatic rings. The number of para-hydroxylation sites is 1. The molecular weight excluding hydrogens is 492 g/mol. The van der Waals surface area contributed by atoms with E-state index in [0.717, 1.165) is 35.3 Å². The van der Waals surface area contributed by atoms with Gasteiger partial charge in [0.2, 0.25) is 5.91 Å². The Labute approximate surface area is 217 Å². The van der Waals surface area contributed by atoms with Gasteiger partial charge in [-0.2, -0.15) is 8.78 Å². The van der Waals surface area contributed by atoms with Gasteiger partial charge in [-0.1, -0.05) is 24.3 Å². The van der Waals surface area contributed by atoms with Crippen molar-refractivity contribution in [2.45, 2.75) is 51.3 Å². The van der Waals surface area contributed by atoms with Crippen molar-refractivity contribution in [3.63, 3.8) is 0 Å². The molecule has 2 aromatic heterocycles. The Hall–Kier alpha value is -4.08. The molecule has 8 nitrogen and oxygen atoms in total. The van der Waals surface area contributed by atoms with Crippen molar-refractivity contribution in [1.29, 1.82) is 0 Å². The minimum Gasteiger partial charge on any atom is -0.434 e. The summed E-state index contributed by atoms with van der Waals surface area (Å²) in [5.41, 5.74) is 2.91. The molecule has 1 saturated heterocycles. The van der Waals surface area contributed by atoms with E-state index in [1.807, 2.05) is 21.7 Å². The van der Waals surface area contributed by atoms with Crippen LogP contribution in [0, 0.1) is 0 Å². The minimum atomic E-state index is -2.93. The standard InChI is InChI=1S/C28H27F2N5O3/c1-17(36)33-11-8-18(9-12-33)26-31-15-20(16-32-26)19-6-7-22-24(14-19)35-23(10-13-34(35)27(22)37)21-4-2-3-5-25(21)38-28(29)30/h2-7,14-16,18,23,28H,8-13H2,1H3. The van der Waals surface area contributed by atoms with Crippen molar-refractivity contribution < 1.29 is 18.3 Å². The van der Waals surface area contributed by atoms with E-state index in [4.69, 9.17) is 4.74 Å². The van der Waals surface area contributed by atoms with Crippen LogP contribution < -0.4 is 10.3 Å². The number of fused-ring (bicyclic) bond motifs is 3. The average molecular weight is 520 g/mol. The molecule has 10 heteroatoms. The molecule has 6 rings (SSSR count). The number of amides is 1. The molecule has 0 saturated carbocycles. The molecule has 1 atom stereocenters. The number of benzene rings is 2. The third kappa shape index (κ3) is 4.23. The number of nitrogens with zero attached hydrogens (tertiary/aromatic N) is 5. The smallest absolute Gasteiger partial charge is 0.387 e. The summed E-state index contributed by atoms with van der Waals surface area (Å²) in [7, 11) is 0. The Morgan fingerprint density at radius 1 is 1.00 bits per heavy atom. The third-order valence-corrected chi connectivity index (χ3v) is 7.68. The van der Waals surface area contributed by atoms with Gasteiger partial charge in [0.15, 0.2) is 0 Å². The predicted molar refractivity (Wildman–Crippen MR) is 137 cm³/mol. The molecule has 2 aliphatic heterocycles. The van der Waals surface area contributed by atoms with Crippen LogP contribution in [0.15, 0.2) is 59.7 Å². The third-order valence-electron chi connectivity index (χ3n) is 7.68. The van der Waals surface area contributed by atoms with Gasteiger partial charge in [-0.25, -0.2) is 14.6 Å². The Morgan fingerprint density at radius 3 is 2.45 bits per heavy atom. The van der Waals surface area contributed by atoms with Gasteiger partial charge >= 0.3 is 6.61 Å². The van der Waals surface area contributed by atoms with Crippen LogP contribution in [0.3, 0.4) is 0 Å². The van der Waals surface area contributed by atoms with Crippen LogP contribution in [0.4, 0.5) is 8.78 Å². The molecule has 0 N–H and O–H groups in total. The SMILES string of the molecule is CC(=O)N1CCC(c2ncc(-c3ccc4c(=O)n5n(c4c3)C(c3ccccc3OC(F)F)CC5)cn2)CC1.